The van der Waals surface area contributed by atoms with E-state index < -0.39 is 70.6 Å². The molecule has 8 nitrogen and oxygen atoms in total. The van der Waals surface area contributed by atoms with Crippen molar-refractivity contribution in [1.82, 2.24) is 0 Å². The van der Waals surface area contributed by atoms with Crippen molar-refractivity contribution in [3.8, 4) is 0 Å². The molecule has 4 saturated carbocycles. The Morgan fingerprint density at radius 2 is 1.46 bits per heavy atom. The van der Waals surface area contributed by atoms with Gasteiger partial charge in [0, 0.05) is 17.9 Å². The van der Waals surface area contributed by atoms with Crippen LogP contribution in [0, 0.1) is 22.7 Å². The maximum absolute atomic E-state index is 13.2. The summed E-state index contributed by atoms with van der Waals surface area (Å²) in [5.41, 5.74) is -14.3. The first kappa shape index (κ1) is 29.7. The van der Waals surface area contributed by atoms with Gasteiger partial charge in [0.1, 0.15) is 6.10 Å². The molecule has 3 unspecified atom stereocenters. The third-order valence-corrected chi connectivity index (χ3v) is 12.1. The van der Waals surface area contributed by atoms with E-state index in [0.29, 0.717) is 25.7 Å². The minimum Gasteiger partial charge on any atom is -0.462 e. The molecule has 4 aliphatic rings. The highest BCUT2D eigenvalue weighted by Crippen LogP contribution is 2.65. The Hall–Kier alpha value is -1.84. The van der Waals surface area contributed by atoms with Gasteiger partial charge in [-0.1, -0.05) is 6.58 Å². The number of hydrogen-bond acceptors (Lipinski definition) is 8. The second kappa shape index (κ2) is 9.42. The van der Waals surface area contributed by atoms with E-state index in [-0.39, 0.29) is 24.9 Å². The molecule has 212 valence electrons. The summed E-state index contributed by atoms with van der Waals surface area (Å²) in [6, 6.07) is 0. The molecule has 37 heavy (non-hydrogen) atoms. The molecule has 0 saturated heterocycles. The van der Waals surface area contributed by atoms with E-state index in [0.717, 1.165) is 19.4 Å². The maximum Gasteiger partial charge on any atom is 0.498 e. The Kier molecular flexibility index (Phi) is 7.56. The quantitative estimate of drug-likeness (QED) is 0.228. The summed E-state index contributed by atoms with van der Waals surface area (Å²) in [5, 5.41) is 0. The van der Waals surface area contributed by atoms with Crippen LogP contribution in [0.25, 0.3) is 0 Å². The van der Waals surface area contributed by atoms with E-state index in [9.17, 15) is 52.8 Å². The third-order valence-electron chi connectivity index (χ3n) is 7.47. The van der Waals surface area contributed by atoms with Crippen LogP contribution in [0.4, 0.5) is 26.3 Å². The molecular weight excluding hydrogens is 558 g/mol. The van der Waals surface area contributed by atoms with Gasteiger partial charge in [-0.05, 0) is 57.3 Å². The van der Waals surface area contributed by atoms with E-state index in [1.807, 2.05) is 0 Å². The van der Waals surface area contributed by atoms with Crippen LogP contribution < -0.4 is 0 Å². The molecule has 4 fully saturated rings. The van der Waals surface area contributed by atoms with Gasteiger partial charge in [-0.15, -0.1) is 0 Å². The van der Waals surface area contributed by atoms with Gasteiger partial charge in [-0.25, -0.2) is 21.6 Å². The van der Waals surface area contributed by atoms with Crippen LogP contribution in [0.2, 0.25) is 0 Å². The van der Waals surface area contributed by atoms with E-state index in [1.54, 1.807) is 0 Å². The summed E-state index contributed by atoms with van der Waals surface area (Å²) < 4.78 is 132. The molecule has 3 atom stereocenters. The van der Waals surface area contributed by atoms with Crippen molar-refractivity contribution in [2.45, 2.75) is 73.6 Å². The molecule has 0 aromatic rings. The molecule has 0 aliphatic heterocycles. The van der Waals surface area contributed by atoms with Gasteiger partial charge in [-0.2, -0.15) is 26.3 Å². The molecular formula is C21H26F6O8S2. The second-order valence-corrected chi connectivity index (χ2v) is 15.0. The van der Waals surface area contributed by atoms with Gasteiger partial charge in [0.25, 0.3) is 19.7 Å². The number of alkyl halides is 6. The van der Waals surface area contributed by atoms with Crippen LogP contribution in [-0.2, 0) is 38.7 Å². The smallest absolute Gasteiger partial charge is 0.462 e. The van der Waals surface area contributed by atoms with E-state index in [4.69, 9.17) is 9.47 Å². The zero-order valence-electron chi connectivity index (χ0n) is 19.6. The number of hydrogen-bond donors (Lipinski definition) is 0. The van der Waals surface area contributed by atoms with E-state index >= 15 is 0 Å². The first-order valence-corrected chi connectivity index (χ1v) is 14.4. The zero-order chi connectivity index (χ0) is 28.2. The standard InChI is InChI=1S/C21H26F6O8S2/c1-3-15(28)34-11-18-6-13-5-14(7-18)9-19(8-13,10-18)17(29)35-12(2)4-16(36(30,31)20(22,23)24)37(32,33)21(25,26)27/h3,12-14,16H,1,4-11H2,2H3. The highest BCUT2D eigenvalue weighted by atomic mass is 32.3. The fourth-order valence-electron chi connectivity index (χ4n) is 6.49. The fourth-order valence-corrected chi connectivity index (χ4v) is 10.1. The van der Waals surface area contributed by atoms with E-state index in [2.05, 4.69) is 6.58 Å². The van der Waals surface area contributed by atoms with Crippen LogP contribution in [0.1, 0.15) is 51.9 Å². The minimum absolute atomic E-state index is 0.00877. The van der Waals surface area contributed by atoms with Crippen molar-refractivity contribution < 1.29 is 62.2 Å². The summed E-state index contributed by atoms with van der Waals surface area (Å²) in [4.78, 5) is 24.8. The summed E-state index contributed by atoms with van der Waals surface area (Å²) in [5.74, 6) is -1.55. The van der Waals surface area contributed by atoms with Crippen LogP contribution >= 0.6 is 0 Å². The Balaban J connectivity index is 1.83. The highest BCUT2D eigenvalue weighted by molar-refractivity contribution is 8.09. The SMILES string of the molecule is C=CC(=O)OCC12CC3CC(C1)CC(C(=O)OC(C)CC(S(=O)(=O)C(F)(F)F)S(=O)(=O)C(F)(F)F)(C3)C2. The number of rotatable bonds is 9. The topological polar surface area (TPSA) is 121 Å². The molecule has 16 heteroatoms. The monoisotopic (exact) mass is 584 g/mol. The highest BCUT2D eigenvalue weighted by Gasteiger charge is 2.64. The Labute approximate surface area is 209 Å². The Morgan fingerprint density at radius 1 is 0.973 bits per heavy atom. The lowest BCUT2D eigenvalue weighted by atomic mass is 9.44. The second-order valence-electron chi connectivity index (χ2n) is 10.4. The lowest BCUT2D eigenvalue weighted by Crippen LogP contribution is -2.57. The third kappa shape index (κ3) is 5.50. The van der Waals surface area contributed by atoms with Crippen molar-refractivity contribution in [1.29, 1.82) is 0 Å². The first-order chi connectivity index (χ1) is 16.7. The number of carbonyl (C=O) groups is 2. The molecule has 0 N–H and O–H groups in total. The minimum atomic E-state index is -6.84. The average Bonchev–Trinajstić information content (AvgIpc) is 2.73. The van der Waals surface area contributed by atoms with Crippen molar-refractivity contribution in [2.75, 3.05) is 6.61 Å². The predicted octanol–water partition coefficient (Wildman–Crippen LogP) is 3.82. The van der Waals surface area contributed by atoms with Gasteiger partial charge in [0.05, 0.1) is 12.0 Å². The number of esters is 2. The van der Waals surface area contributed by atoms with Gasteiger partial charge < -0.3 is 9.47 Å². The largest absolute Gasteiger partial charge is 0.498 e. The molecule has 0 spiro atoms. The van der Waals surface area contributed by atoms with Gasteiger partial charge in [0.15, 0.2) is 4.58 Å². The summed E-state index contributed by atoms with van der Waals surface area (Å²) >= 11 is 0. The number of ether oxygens (including phenoxy) is 2. The summed E-state index contributed by atoms with van der Waals surface area (Å²) in [6.07, 6.45) is 0.241. The van der Waals surface area contributed by atoms with Crippen LogP contribution in [0.3, 0.4) is 0 Å². The average molecular weight is 585 g/mol. The van der Waals surface area contributed by atoms with E-state index in [1.165, 1.54) is 0 Å². The molecule has 0 amide bonds. The molecule has 0 radical (unpaired) electrons. The maximum atomic E-state index is 13.2. The molecule has 4 bridgehead atoms. The molecule has 4 aliphatic carbocycles. The predicted molar refractivity (Wildman–Crippen MR) is 115 cm³/mol. The van der Waals surface area contributed by atoms with Crippen molar-refractivity contribution in [2.24, 2.45) is 22.7 Å². The van der Waals surface area contributed by atoms with Crippen molar-refractivity contribution in [3.05, 3.63) is 12.7 Å². The van der Waals surface area contributed by atoms with Crippen molar-refractivity contribution >= 4 is 31.6 Å². The number of carbonyl (C=O) groups excluding carboxylic acids is 2. The molecule has 0 aromatic heterocycles. The van der Waals surface area contributed by atoms with Crippen LogP contribution in [0.15, 0.2) is 12.7 Å². The Bertz CT molecular complexity index is 1100. The Morgan fingerprint density at radius 3 is 1.89 bits per heavy atom. The molecule has 0 heterocycles. The van der Waals surface area contributed by atoms with Crippen molar-refractivity contribution in [3.63, 3.8) is 0 Å². The summed E-state index contributed by atoms with van der Waals surface area (Å²) in [7, 11) is -13.7. The van der Waals surface area contributed by atoms with Crippen LogP contribution in [-0.4, -0.2) is 57.1 Å². The lowest BCUT2D eigenvalue weighted by Gasteiger charge is -2.60. The van der Waals surface area contributed by atoms with Gasteiger partial charge >= 0.3 is 23.0 Å². The zero-order valence-corrected chi connectivity index (χ0v) is 21.2. The fraction of sp³-hybridized carbons (Fsp3) is 0.810. The van der Waals surface area contributed by atoms with Crippen LogP contribution in [0.5, 0.6) is 0 Å². The first-order valence-electron chi connectivity index (χ1n) is 11.3. The molecule has 4 rings (SSSR count). The normalized spacial score (nSPS) is 30.7. The van der Waals surface area contributed by atoms with Gasteiger partial charge in [-0.3, -0.25) is 4.79 Å². The number of sulfone groups is 2. The van der Waals surface area contributed by atoms with Gasteiger partial charge in [0.2, 0.25) is 0 Å². The lowest BCUT2D eigenvalue weighted by molar-refractivity contribution is -0.191. The molecule has 0 aromatic carbocycles. The summed E-state index contributed by atoms with van der Waals surface area (Å²) in [6.45, 7) is 4.14. The number of halogens is 6.